The van der Waals surface area contributed by atoms with E-state index in [2.05, 4.69) is 0 Å². The number of halogens is 5. The largest absolute Gasteiger partial charge is 0.511 e. The second-order valence-electron chi connectivity index (χ2n) is 7.67. The van der Waals surface area contributed by atoms with Gasteiger partial charge in [0.1, 0.15) is 15.6 Å². The second-order valence-corrected chi connectivity index (χ2v) is 13.7. The summed E-state index contributed by atoms with van der Waals surface area (Å²) in [5, 5.41) is -0.102. The van der Waals surface area contributed by atoms with E-state index in [-0.39, 0.29) is 31.0 Å². The van der Waals surface area contributed by atoms with Crippen molar-refractivity contribution in [3.8, 4) is 0 Å². The Morgan fingerprint density at radius 2 is 1.51 bits per heavy atom. The van der Waals surface area contributed by atoms with Gasteiger partial charge in [-0.25, -0.2) is 34.4 Å². The first-order valence-corrected chi connectivity index (χ1v) is 14.7. The van der Waals surface area contributed by atoms with Gasteiger partial charge in [0.25, 0.3) is 0 Å². The molecule has 0 spiro atoms. The van der Waals surface area contributed by atoms with E-state index in [0.717, 1.165) is 34.6 Å². The van der Waals surface area contributed by atoms with Gasteiger partial charge in [-0.15, -0.1) is 0 Å². The molecule has 1 aliphatic heterocycles. The van der Waals surface area contributed by atoms with E-state index in [1.54, 1.807) is 0 Å². The van der Waals surface area contributed by atoms with E-state index in [0.29, 0.717) is 0 Å². The van der Waals surface area contributed by atoms with E-state index >= 15 is 0 Å². The average Bonchev–Trinajstić information content (AvgIpc) is 2.77. The van der Waals surface area contributed by atoms with Gasteiger partial charge in [-0.1, -0.05) is 23.7 Å². The quantitative estimate of drug-likeness (QED) is 0.504. The van der Waals surface area contributed by atoms with E-state index in [9.17, 15) is 42.8 Å². The fraction of sp³-hybridized carbons (Fsp3) is 0.368. The third-order valence-corrected chi connectivity index (χ3v) is 10.7. The van der Waals surface area contributed by atoms with E-state index < -0.39 is 68.4 Å². The molecule has 194 valence electrons. The first kappa shape index (κ1) is 27.8. The number of piperidine rings is 1. The number of hydrogen-bond donors (Lipinski definition) is 1. The van der Waals surface area contributed by atoms with Gasteiger partial charge in [-0.05, 0) is 49.1 Å². The predicted molar refractivity (Wildman–Crippen MR) is 118 cm³/mol. The van der Waals surface area contributed by atoms with Crippen LogP contribution >= 0.6 is 11.6 Å². The fourth-order valence-corrected chi connectivity index (χ4v) is 7.95. The Morgan fingerprint density at radius 1 is 0.914 bits per heavy atom. The van der Waals surface area contributed by atoms with Gasteiger partial charge in [-0.2, -0.15) is 17.5 Å². The molecule has 35 heavy (non-hydrogen) atoms. The molecule has 0 bridgehead atoms. The number of sulfone groups is 1. The average molecular weight is 579 g/mol. The Labute approximate surface area is 204 Å². The number of nitrogens with one attached hydrogen (secondary N) is 1. The zero-order valence-corrected chi connectivity index (χ0v) is 20.9. The first-order chi connectivity index (χ1) is 16.1. The standard InChI is InChI=1S/C19H19ClF4N2O6S3/c20-14-5-6-17(18(11-14)33(27,28)16-4-2-1-3-15(16)21)34(29,30)26-9-7-13(8-10-26)12-25-35(31,32)19(22,23)24/h1-6,11,13,25H,7-10,12H2. The molecule has 1 N–H and O–H groups in total. The molecule has 8 nitrogen and oxygen atoms in total. The Kier molecular flexibility index (Phi) is 7.89. The Balaban J connectivity index is 1.85. The molecular formula is C19H19ClF4N2O6S3. The second kappa shape index (κ2) is 9.94. The molecular weight excluding hydrogens is 560 g/mol. The third kappa shape index (κ3) is 5.80. The van der Waals surface area contributed by atoms with Crippen LogP contribution in [-0.2, 0) is 29.9 Å². The first-order valence-electron chi connectivity index (χ1n) is 9.92. The minimum absolute atomic E-state index is 0.0165. The summed E-state index contributed by atoms with van der Waals surface area (Å²) >= 11 is 5.91. The molecule has 1 heterocycles. The Morgan fingerprint density at radius 3 is 2.09 bits per heavy atom. The van der Waals surface area contributed by atoms with Gasteiger partial charge in [0, 0.05) is 24.7 Å². The molecule has 0 saturated carbocycles. The lowest BCUT2D eigenvalue weighted by Gasteiger charge is -2.31. The summed E-state index contributed by atoms with van der Waals surface area (Å²) in [6, 6.07) is 7.46. The Hall–Kier alpha value is -1.78. The number of alkyl halides is 3. The lowest BCUT2D eigenvalue weighted by molar-refractivity contribution is -0.0448. The maximum absolute atomic E-state index is 14.2. The zero-order valence-electron chi connectivity index (χ0n) is 17.7. The highest BCUT2D eigenvalue weighted by Crippen LogP contribution is 2.34. The van der Waals surface area contributed by atoms with E-state index in [1.165, 1.54) is 16.9 Å². The molecule has 1 saturated heterocycles. The molecule has 2 aromatic rings. The molecule has 0 aromatic heterocycles. The van der Waals surface area contributed by atoms with Crippen LogP contribution < -0.4 is 4.72 Å². The molecule has 0 aliphatic carbocycles. The number of nitrogens with zero attached hydrogens (tertiary/aromatic N) is 1. The van der Waals surface area contributed by atoms with Crippen molar-refractivity contribution >= 4 is 41.5 Å². The molecule has 0 unspecified atom stereocenters. The van der Waals surface area contributed by atoms with Gasteiger partial charge in [-0.3, -0.25) is 0 Å². The maximum atomic E-state index is 14.2. The normalized spacial score (nSPS) is 16.9. The van der Waals surface area contributed by atoms with Crippen molar-refractivity contribution in [2.45, 2.75) is 33.0 Å². The van der Waals surface area contributed by atoms with Crippen molar-refractivity contribution in [1.29, 1.82) is 0 Å². The van der Waals surface area contributed by atoms with Crippen LogP contribution in [0, 0.1) is 11.7 Å². The molecule has 3 rings (SSSR count). The monoisotopic (exact) mass is 578 g/mol. The summed E-state index contributed by atoms with van der Waals surface area (Å²) < 4.78 is 129. The van der Waals surface area contributed by atoms with Gasteiger partial charge in [0.2, 0.25) is 19.9 Å². The summed E-state index contributed by atoms with van der Waals surface area (Å²) in [6.07, 6.45) is 0.0329. The zero-order chi connectivity index (χ0) is 26.2. The summed E-state index contributed by atoms with van der Waals surface area (Å²) in [7, 11) is -14.6. The van der Waals surface area contributed by atoms with Crippen LogP contribution in [0.2, 0.25) is 5.02 Å². The molecule has 2 aromatic carbocycles. The number of rotatable bonds is 7. The van der Waals surface area contributed by atoms with Gasteiger partial charge in [0.15, 0.2) is 0 Å². The highest BCUT2D eigenvalue weighted by atomic mass is 35.5. The van der Waals surface area contributed by atoms with Crippen molar-refractivity contribution in [3.63, 3.8) is 0 Å². The molecule has 16 heteroatoms. The van der Waals surface area contributed by atoms with Gasteiger partial charge >= 0.3 is 15.5 Å². The van der Waals surface area contributed by atoms with Gasteiger partial charge in [0.05, 0.1) is 4.90 Å². The van der Waals surface area contributed by atoms with Crippen LogP contribution in [0.4, 0.5) is 17.6 Å². The van der Waals surface area contributed by atoms with Crippen LogP contribution in [0.25, 0.3) is 0 Å². The minimum Gasteiger partial charge on any atom is -0.218 e. The minimum atomic E-state index is -5.53. The van der Waals surface area contributed by atoms with Crippen molar-refractivity contribution in [1.82, 2.24) is 9.03 Å². The van der Waals surface area contributed by atoms with Crippen molar-refractivity contribution in [2.24, 2.45) is 5.92 Å². The topological polar surface area (TPSA) is 118 Å². The van der Waals surface area contributed by atoms with E-state index in [4.69, 9.17) is 11.6 Å². The highest BCUT2D eigenvalue weighted by molar-refractivity contribution is 7.93. The number of hydrogen-bond acceptors (Lipinski definition) is 6. The smallest absolute Gasteiger partial charge is 0.218 e. The molecule has 1 fully saturated rings. The van der Waals surface area contributed by atoms with Crippen molar-refractivity contribution in [2.75, 3.05) is 19.6 Å². The van der Waals surface area contributed by atoms with Gasteiger partial charge < -0.3 is 0 Å². The summed E-state index contributed by atoms with van der Waals surface area (Å²) in [6.45, 7) is -0.950. The van der Waals surface area contributed by atoms with Crippen LogP contribution in [0.5, 0.6) is 0 Å². The number of benzene rings is 2. The lowest BCUT2D eigenvalue weighted by atomic mass is 9.99. The van der Waals surface area contributed by atoms with Crippen LogP contribution in [0.15, 0.2) is 57.2 Å². The van der Waals surface area contributed by atoms with Crippen molar-refractivity contribution in [3.05, 3.63) is 53.3 Å². The highest BCUT2D eigenvalue weighted by Gasteiger charge is 2.46. The molecule has 1 aliphatic rings. The predicted octanol–water partition coefficient (Wildman–Crippen LogP) is 3.15. The lowest BCUT2D eigenvalue weighted by Crippen LogP contribution is -2.44. The SMILES string of the molecule is O=S(=O)(c1ccccc1F)c1cc(Cl)ccc1S(=O)(=O)N1CCC(CNS(=O)(=O)C(F)(F)F)CC1. The number of sulfonamides is 2. The summed E-state index contributed by atoms with van der Waals surface area (Å²) in [4.78, 5) is -2.11. The summed E-state index contributed by atoms with van der Waals surface area (Å²) in [5.41, 5.74) is -5.47. The van der Waals surface area contributed by atoms with Crippen LogP contribution in [0.1, 0.15) is 12.8 Å². The van der Waals surface area contributed by atoms with Crippen LogP contribution in [0.3, 0.4) is 0 Å². The fourth-order valence-electron chi connectivity index (χ4n) is 3.49. The maximum Gasteiger partial charge on any atom is 0.511 e. The molecule has 0 radical (unpaired) electrons. The molecule has 0 amide bonds. The summed E-state index contributed by atoms with van der Waals surface area (Å²) in [5.74, 6) is -1.66. The van der Waals surface area contributed by atoms with Crippen LogP contribution in [-0.4, -0.2) is 54.7 Å². The Bertz CT molecular complexity index is 1420. The van der Waals surface area contributed by atoms with Crippen molar-refractivity contribution < 1.29 is 42.8 Å². The molecule has 0 atom stereocenters. The van der Waals surface area contributed by atoms with E-state index in [1.807, 2.05) is 0 Å². The third-order valence-electron chi connectivity index (χ3n) is 5.38.